The fourth-order valence-electron chi connectivity index (χ4n) is 0.900. The summed E-state index contributed by atoms with van der Waals surface area (Å²) < 4.78 is 1.14. The summed E-state index contributed by atoms with van der Waals surface area (Å²) >= 11 is 3.16. The Kier molecular flexibility index (Phi) is 2.68. The average molecular weight is 212 g/mol. The largest absolute Gasteiger partial charge is 0.391 e. The molecule has 0 aliphatic heterocycles. The van der Waals surface area contributed by atoms with Crippen molar-refractivity contribution in [2.24, 2.45) is 0 Å². The first kappa shape index (κ1) is 8.80. The fraction of sp³-hybridized carbons (Fsp3) is 0.125. The van der Waals surface area contributed by atoms with Crippen molar-refractivity contribution in [1.29, 1.82) is 0 Å². The summed E-state index contributed by atoms with van der Waals surface area (Å²) in [7, 11) is 0. The molecule has 0 radical (unpaired) electrons. The summed E-state index contributed by atoms with van der Waals surface area (Å²) in [6.07, 6.45) is 3.52. The molecule has 13 heavy (non-hydrogen) atoms. The van der Waals surface area contributed by atoms with Gasteiger partial charge in [0.05, 0.1) is 10.8 Å². The summed E-state index contributed by atoms with van der Waals surface area (Å²) in [5, 5.41) is 9.74. The van der Waals surface area contributed by atoms with Crippen LogP contribution < -0.4 is 0 Å². The Morgan fingerprint density at radius 3 is 3.08 bits per heavy atom. The van der Waals surface area contributed by atoms with Gasteiger partial charge >= 0.3 is 0 Å². The van der Waals surface area contributed by atoms with E-state index >= 15 is 0 Å². The number of aromatic amines is 1. The molecule has 0 aliphatic rings. The van der Waals surface area contributed by atoms with Crippen molar-refractivity contribution in [3.8, 4) is 0 Å². The van der Waals surface area contributed by atoms with Gasteiger partial charge in [-0.05, 0) is 23.9 Å². The molecule has 2 rings (SSSR count). The van der Waals surface area contributed by atoms with Crippen LogP contribution in [0.4, 0.5) is 0 Å². The second-order valence-corrected chi connectivity index (χ2v) is 4.83. The molecule has 0 unspecified atom stereocenters. The maximum absolute atomic E-state index is 8.85. The van der Waals surface area contributed by atoms with E-state index in [9.17, 15) is 0 Å². The Hall–Kier alpha value is -0.780. The molecular formula is C8H8N2OS2. The third-order valence-corrected chi connectivity index (χ3v) is 3.58. The van der Waals surface area contributed by atoms with E-state index in [4.69, 9.17) is 5.11 Å². The maximum Gasteiger partial charge on any atom is 0.170 e. The molecule has 2 aromatic rings. The monoisotopic (exact) mass is 212 g/mol. The summed E-state index contributed by atoms with van der Waals surface area (Å²) in [4.78, 5) is 8.09. The zero-order valence-electron chi connectivity index (χ0n) is 6.73. The maximum atomic E-state index is 8.85. The lowest BCUT2D eigenvalue weighted by Crippen LogP contribution is -1.71. The predicted molar refractivity (Wildman–Crippen MR) is 53.0 cm³/mol. The van der Waals surface area contributed by atoms with E-state index in [1.165, 1.54) is 0 Å². The van der Waals surface area contributed by atoms with Crippen molar-refractivity contribution in [2.45, 2.75) is 16.0 Å². The number of H-pyrrole nitrogens is 1. The smallest absolute Gasteiger partial charge is 0.170 e. The minimum atomic E-state index is 0.114. The highest BCUT2D eigenvalue weighted by Gasteiger charge is 2.02. The van der Waals surface area contributed by atoms with Gasteiger partial charge in [-0.25, -0.2) is 4.98 Å². The van der Waals surface area contributed by atoms with Crippen LogP contribution in [0, 0.1) is 0 Å². The summed E-state index contributed by atoms with van der Waals surface area (Å²) in [5.74, 6) is 0. The summed E-state index contributed by atoms with van der Waals surface area (Å²) in [5.41, 5.74) is 0. The topological polar surface area (TPSA) is 48.9 Å². The lowest BCUT2D eigenvalue weighted by molar-refractivity contribution is 0.285. The Morgan fingerprint density at radius 1 is 1.54 bits per heavy atom. The molecule has 68 valence electrons. The summed E-state index contributed by atoms with van der Waals surface area (Å²) in [6, 6.07) is 3.92. The summed E-state index contributed by atoms with van der Waals surface area (Å²) in [6.45, 7) is 0.114. The van der Waals surface area contributed by atoms with Crippen LogP contribution in [-0.4, -0.2) is 15.1 Å². The van der Waals surface area contributed by atoms with Crippen molar-refractivity contribution in [3.63, 3.8) is 0 Å². The molecule has 0 atom stereocenters. The van der Waals surface area contributed by atoms with Crippen molar-refractivity contribution < 1.29 is 5.11 Å². The van der Waals surface area contributed by atoms with E-state index in [1.807, 2.05) is 12.1 Å². The minimum Gasteiger partial charge on any atom is -0.391 e. The van der Waals surface area contributed by atoms with Crippen molar-refractivity contribution >= 4 is 23.1 Å². The molecule has 0 bridgehead atoms. The second-order valence-electron chi connectivity index (χ2n) is 2.38. The number of rotatable bonds is 3. The first-order chi connectivity index (χ1) is 6.38. The number of nitrogens with one attached hydrogen (secondary N) is 1. The third-order valence-electron chi connectivity index (χ3n) is 1.46. The highest BCUT2D eigenvalue weighted by molar-refractivity contribution is 8.01. The third kappa shape index (κ3) is 2.12. The molecule has 2 aromatic heterocycles. The predicted octanol–water partition coefficient (Wildman–Crippen LogP) is 2.11. The highest BCUT2D eigenvalue weighted by atomic mass is 32.2. The zero-order valence-corrected chi connectivity index (χ0v) is 8.36. The molecular weight excluding hydrogens is 204 g/mol. The van der Waals surface area contributed by atoms with E-state index < -0.39 is 0 Å². The number of aliphatic hydroxyl groups is 1. The Balaban J connectivity index is 2.10. The van der Waals surface area contributed by atoms with Gasteiger partial charge in [-0.3, -0.25) is 0 Å². The molecule has 0 saturated heterocycles. The number of aliphatic hydroxyl groups excluding tert-OH is 1. The van der Waals surface area contributed by atoms with Crippen LogP contribution >= 0.6 is 23.1 Å². The second kappa shape index (κ2) is 3.95. The van der Waals surface area contributed by atoms with E-state index in [0.717, 1.165) is 14.2 Å². The number of hydrogen-bond donors (Lipinski definition) is 2. The lowest BCUT2D eigenvalue weighted by atomic mass is 10.5. The van der Waals surface area contributed by atoms with Crippen molar-refractivity contribution in [1.82, 2.24) is 9.97 Å². The fourth-order valence-corrected chi connectivity index (χ4v) is 2.79. The van der Waals surface area contributed by atoms with Crippen LogP contribution in [0.15, 0.2) is 33.9 Å². The molecule has 2 N–H and O–H groups in total. The van der Waals surface area contributed by atoms with Gasteiger partial charge in [-0.2, -0.15) is 0 Å². The Morgan fingerprint density at radius 2 is 2.46 bits per heavy atom. The van der Waals surface area contributed by atoms with Crippen LogP contribution in [-0.2, 0) is 6.61 Å². The van der Waals surface area contributed by atoms with Crippen LogP contribution in [0.3, 0.4) is 0 Å². The van der Waals surface area contributed by atoms with Gasteiger partial charge in [-0.1, -0.05) is 0 Å². The first-order valence-corrected chi connectivity index (χ1v) is 5.38. The molecule has 0 amide bonds. The van der Waals surface area contributed by atoms with Crippen molar-refractivity contribution in [3.05, 3.63) is 29.4 Å². The number of thiophene rings is 1. The van der Waals surface area contributed by atoms with Crippen LogP contribution in [0.25, 0.3) is 0 Å². The normalized spacial score (nSPS) is 10.5. The average Bonchev–Trinajstić information content (AvgIpc) is 2.76. The number of aromatic nitrogens is 2. The van der Waals surface area contributed by atoms with Gasteiger partial charge in [0.15, 0.2) is 5.16 Å². The Labute approximate surface area is 83.8 Å². The van der Waals surface area contributed by atoms with Crippen LogP contribution in [0.2, 0.25) is 0 Å². The SMILES string of the molecule is OCc1ccc(Sc2ncc[nH]2)s1. The molecule has 2 heterocycles. The number of nitrogens with zero attached hydrogens (tertiary/aromatic N) is 1. The zero-order chi connectivity index (χ0) is 9.10. The van der Waals surface area contributed by atoms with E-state index in [-0.39, 0.29) is 6.61 Å². The molecule has 3 nitrogen and oxygen atoms in total. The molecule has 0 fully saturated rings. The molecule has 5 heteroatoms. The number of imidazole rings is 1. The van der Waals surface area contributed by atoms with Gasteiger partial charge in [0.25, 0.3) is 0 Å². The quantitative estimate of drug-likeness (QED) is 0.819. The van der Waals surface area contributed by atoms with E-state index in [2.05, 4.69) is 9.97 Å². The van der Waals surface area contributed by atoms with Crippen LogP contribution in [0.5, 0.6) is 0 Å². The first-order valence-electron chi connectivity index (χ1n) is 3.75. The van der Waals surface area contributed by atoms with E-state index in [1.54, 1.807) is 35.5 Å². The van der Waals surface area contributed by atoms with Gasteiger partial charge in [0.1, 0.15) is 0 Å². The standard InChI is InChI=1S/C8H8N2OS2/c11-5-6-1-2-7(12-6)13-8-9-3-4-10-8/h1-4,11H,5H2,(H,9,10). The van der Waals surface area contributed by atoms with Crippen molar-refractivity contribution in [2.75, 3.05) is 0 Å². The highest BCUT2D eigenvalue weighted by Crippen LogP contribution is 2.31. The van der Waals surface area contributed by atoms with Crippen LogP contribution in [0.1, 0.15) is 4.88 Å². The molecule has 0 aromatic carbocycles. The van der Waals surface area contributed by atoms with E-state index in [0.29, 0.717) is 0 Å². The lowest BCUT2D eigenvalue weighted by Gasteiger charge is -1.90. The molecule has 0 saturated carbocycles. The van der Waals surface area contributed by atoms with Gasteiger partial charge in [0.2, 0.25) is 0 Å². The van der Waals surface area contributed by atoms with Gasteiger partial charge < -0.3 is 10.1 Å². The Bertz CT molecular complexity index is 369. The minimum absolute atomic E-state index is 0.114. The van der Waals surface area contributed by atoms with Gasteiger partial charge in [-0.15, -0.1) is 11.3 Å². The number of hydrogen-bond acceptors (Lipinski definition) is 4. The van der Waals surface area contributed by atoms with Gasteiger partial charge in [0, 0.05) is 17.3 Å². The molecule has 0 aliphatic carbocycles. The molecule has 0 spiro atoms.